The average molecular weight is 350 g/mol. The highest BCUT2D eigenvalue weighted by Crippen LogP contribution is 2.31. The number of carboxylic acids is 1. The van der Waals surface area contributed by atoms with Crippen molar-refractivity contribution in [2.75, 3.05) is 13.2 Å². The maximum atomic E-state index is 12.2. The molecule has 1 aromatic rings. The van der Waals surface area contributed by atoms with Crippen molar-refractivity contribution in [3.63, 3.8) is 0 Å². The molecule has 1 aromatic carbocycles. The fourth-order valence-corrected chi connectivity index (χ4v) is 2.64. The Hall–Kier alpha value is -2.37. The van der Waals surface area contributed by atoms with Gasteiger partial charge in [0.05, 0.1) is 16.5 Å². The zero-order valence-corrected chi connectivity index (χ0v) is 15.2. The minimum atomic E-state index is -1.20. The molecule has 0 radical (unpaired) electrons. The molecule has 0 saturated carbocycles. The van der Waals surface area contributed by atoms with E-state index >= 15 is 0 Å². The molecule has 0 spiro atoms. The van der Waals surface area contributed by atoms with E-state index in [1.54, 1.807) is 6.07 Å². The van der Waals surface area contributed by atoms with Crippen LogP contribution in [-0.4, -0.2) is 36.2 Å². The van der Waals surface area contributed by atoms with Gasteiger partial charge in [-0.15, -0.1) is 0 Å². The van der Waals surface area contributed by atoms with Crippen molar-refractivity contribution in [3.05, 3.63) is 35.4 Å². The number of benzene rings is 1. The van der Waals surface area contributed by atoms with Crippen LogP contribution in [0.25, 0.3) is 0 Å². The summed E-state index contributed by atoms with van der Waals surface area (Å²) in [5.74, 6) is -1.91. The summed E-state index contributed by atoms with van der Waals surface area (Å²) in [6.07, 6.45) is 1.38. The van der Waals surface area contributed by atoms with Crippen molar-refractivity contribution in [1.82, 2.24) is 0 Å². The monoisotopic (exact) mass is 350 g/mol. The summed E-state index contributed by atoms with van der Waals surface area (Å²) >= 11 is 0. The second-order valence-corrected chi connectivity index (χ2v) is 6.63. The molecule has 0 aliphatic rings. The van der Waals surface area contributed by atoms with Gasteiger partial charge in [0.15, 0.2) is 0 Å². The van der Waals surface area contributed by atoms with Gasteiger partial charge in [0.1, 0.15) is 13.2 Å². The van der Waals surface area contributed by atoms with E-state index in [1.807, 2.05) is 27.7 Å². The highest BCUT2D eigenvalue weighted by molar-refractivity contribution is 6.02. The summed E-state index contributed by atoms with van der Waals surface area (Å²) in [6.45, 7) is 7.70. The third-order valence-electron chi connectivity index (χ3n) is 4.06. The predicted molar refractivity (Wildman–Crippen MR) is 92.5 cm³/mol. The zero-order chi connectivity index (χ0) is 19.0. The van der Waals surface area contributed by atoms with Crippen LogP contribution in [-0.2, 0) is 14.3 Å². The number of hydrogen-bond donors (Lipinski definition) is 1. The third-order valence-corrected chi connectivity index (χ3v) is 4.06. The second kappa shape index (κ2) is 9.20. The fourth-order valence-electron chi connectivity index (χ4n) is 2.64. The molecule has 6 nitrogen and oxygen atoms in total. The number of esters is 2. The van der Waals surface area contributed by atoms with Crippen molar-refractivity contribution in [1.29, 1.82) is 0 Å². The fraction of sp³-hybridized carbons (Fsp3) is 0.526. The van der Waals surface area contributed by atoms with Crippen molar-refractivity contribution >= 4 is 17.9 Å². The second-order valence-electron chi connectivity index (χ2n) is 6.63. The third kappa shape index (κ3) is 5.89. The van der Waals surface area contributed by atoms with Crippen LogP contribution < -0.4 is 0 Å². The lowest BCUT2D eigenvalue weighted by Gasteiger charge is -2.27. The molecule has 1 rings (SSSR count). The van der Waals surface area contributed by atoms with Gasteiger partial charge in [-0.05, 0) is 37.8 Å². The lowest BCUT2D eigenvalue weighted by molar-refractivity contribution is -0.157. The molecule has 1 unspecified atom stereocenters. The van der Waals surface area contributed by atoms with E-state index in [0.29, 0.717) is 18.8 Å². The molecule has 1 atom stereocenters. The summed E-state index contributed by atoms with van der Waals surface area (Å²) in [5.41, 5.74) is -0.715. The predicted octanol–water partition coefficient (Wildman–Crippen LogP) is 3.55. The van der Waals surface area contributed by atoms with Gasteiger partial charge in [0.2, 0.25) is 0 Å². The summed E-state index contributed by atoms with van der Waals surface area (Å²) in [5, 5.41) is 9.07. The van der Waals surface area contributed by atoms with Gasteiger partial charge < -0.3 is 14.6 Å². The van der Waals surface area contributed by atoms with Gasteiger partial charge in [0, 0.05) is 0 Å². The number of carbonyl (C=O) groups is 3. The van der Waals surface area contributed by atoms with Crippen LogP contribution in [0.15, 0.2) is 24.3 Å². The van der Waals surface area contributed by atoms with Gasteiger partial charge in [-0.3, -0.25) is 4.79 Å². The maximum Gasteiger partial charge on any atom is 0.339 e. The number of rotatable bonds is 9. The highest BCUT2D eigenvalue weighted by atomic mass is 16.6. The van der Waals surface area contributed by atoms with Gasteiger partial charge >= 0.3 is 17.9 Å². The van der Waals surface area contributed by atoms with Crippen molar-refractivity contribution < 1.29 is 29.0 Å². The average Bonchev–Trinajstić information content (AvgIpc) is 2.57. The van der Waals surface area contributed by atoms with Crippen LogP contribution >= 0.6 is 0 Å². The largest absolute Gasteiger partial charge is 0.478 e. The Morgan fingerprint density at radius 2 is 1.64 bits per heavy atom. The number of aromatic carboxylic acids is 1. The smallest absolute Gasteiger partial charge is 0.339 e. The lowest BCUT2D eigenvalue weighted by atomic mass is 9.80. The molecule has 0 aliphatic heterocycles. The first-order valence-electron chi connectivity index (χ1n) is 8.38. The molecule has 6 heteroatoms. The normalized spacial score (nSPS) is 13.2. The number of hydrogen-bond acceptors (Lipinski definition) is 5. The molecule has 1 N–H and O–H groups in total. The molecule has 0 aromatic heterocycles. The van der Waals surface area contributed by atoms with Crippen LogP contribution in [0.1, 0.15) is 61.3 Å². The van der Waals surface area contributed by atoms with Crippen LogP contribution in [0.3, 0.4) is 0 Å². The van der Waals surface area contributed by atoms with E-state index in [9.17, 15) is 14.4 Å². The summed E-state index contributed by atoms with van der Waals surface area (Å²) in [7, 11) is 0. The Morgan fingerprint density at radius 1 is 1.08 bits per heavy atom. The molecular weight excluding hydrogens is 324 g/mol. The lowest BCUT2D eigenvalue weighted by Crippen LogP contribution is -2.31. The Kier molecular flexibility index (Phi) is 7.61. The number of carboxylic acid groups (broad SMARTS) is 1. The van der Waals surface area contributed by atoms with E-state index in [2.05, 4.69) is 0 Å². The summed E-state index contributed by atoms with van der Waals surface area (Å²) < 4.78 is 10.2. The molecule has 0 amide bonds. The summed E-state index contributed by atoms with van der Waals surface area (Å²) in [6, 6.07) is 5.80. The van der Waals surface area contributed by atoms with E-state index in [-0.39, 0.29) is 30.3 Å². The van der Waals surface area contributed by atoms with Crippen molar-refractivity contribution in [3.8, 4) is 0 Å². The van der Waals surface area contributed by atoms with Crippen molar-refractivity contribution in [2.24, 2.45) is 11.3 Å². The minimum absolute atomic E-state index is 0.0282. The van der Waals surface area contributed by atoms with Crippen LogP contribution in [0.4, 0.5) is 0 Å². The van der Waals surface area contributed by atoms with E-state index in [1.165, 1.54) is 18.2 Å². The SMILES string of the molecule is CCC(C)(CC(C)C)C(=O)OCCOC(=O)c1ccccc1C(=O)O. The molecule has 0 saturated heterocycles. The Balaban J connectivity index is 2.54. The first-order chi connectivity index (χ1) is 11.7. The van der Waals surface area contributed by atoms with E-state index in [0.717, 1.165) is 0 Å². The molecule has 0 bridgehead atoms. The highest BCUT2D eigenvalue weighted by Gasteiger charge is 2.33. The zero-order valence-electron chi connectivity index (χ0n) is 15.2. The minimum Gasteiger partial charge on any atom is -0.478 e. The van der Waals surface area contributed by atoms with Crippen LogP contribution in [0.2, 0.25) is 0 Å². The standard InChI is InChI=1S/C19H26O6/c1-5-19(4,12-13(2)3)18(23)25-11-10-24-17(22)15-9-7-6-8-14(15)16(20)21/h6-9,13H,5,10-12H2,1-4H3,(H,20,21). The van der Waals surface area contributed by atoms with Gasteiger partial charge in [0.25, 0.3) is 0 Å². The Labute approximate surface area is 148 Å². The molecule has 25 heavy (non-hydrogen) atoms. The molecule has 0 aliphatic carbocycles. The van der Waals surface area contributed by atoms with E-state index < -0.39 is 17.4 Å². The van der Waals surface area contributed by atoms with Gasteiger partial charge in [-0.1, -0.05) is 32.9 Å². The van der Waals surface area contributed by atoms with Crippen LogP contribution in [0, 0.1) is 11.3 Å². The van der Waals surface area contributed by atoms with Crippen molar-refractivity contribution in [2.45, 2.75) is 40.5 Å². The quantitative estimate of drug-likeness (QED) is 0.541. The van der Waals surface area contributed by atoms with Gasteiger partial charge in [-0.25, -0.2) is 9.59 Å². The molecule has 0 fully saturated rings. The Bertz CT molecular complexity index is 622. The molecular formula is C19H26O6. The van der Waals surface area contributed by atoms with Gasteiger partial charge in [-0.2, -0.15) is 0 Å². The topological polar surface area (TPSA) is 89.9 Å². The number of carbonyl (C=O) groups excluding carboxylic acids is 2. The molecule has 0 heterocycles. The number of ether oxygens (including phenoxy) is 2. The summed E-state index contributed by atoms with van der Waals surface area (Å²) in [4.78, 5) is 35.3. The first-order valence-corrected chi connectivity index (χ1v) is 8.38. The maximum absolute atomic E-state index is 12.2. The van der Waals surface area contributed by atoms with Crippen LogP contribution in [0.5, 0.6) is 0 Å². The molecule has 138 valence electrons. The van der Waals surface area contributed by atoms with E-state index in [4.69, 9.17) is 14.6 Å². The Morgan fingerprint density at radius 3 is 2.16 bits per heavy atom. The first kappa shape index (κ1) is 20.7.